The summed E-state index contributed by atoms with van der Waals surface area (Å²) >= 11 is 0. The lowest BCUT2D eigenvalue weighted by Crippen LogP contribution is -2.48. The van der Waals surface area contributed by atoms with Gasteiger partial charge in [-0.25, -0.2) is 9.37 Å². The van der Waals surface area contributed by atoms with Crippen LogP contribution in [-0.4, -0.2) is 65.2 Å². The molecule has 1 aliphatic rings. The number of rotatable bonds is 9. The number of ether oxygens (including phenoxy) is 1. The Morgan fingerprint density at radius 3 is 2.64 bits per heavy atom. The molecule has 10 heteroatoms. The number of nitrogens with one attached hydrogen (secondary N) is 2. The standard InChI is InChI=1S/C37H43FN4O5/c1-3-11-42-12-5-6-13-46-32-17-27(16-31(38)22-32)18-33(34(43)24-39-23-26-9-7-8-25(4-2)15-26)41-35(44)28-19-29(36-40-10-14-47-36)21-30(20-28)37(42)45/h7-10,14-17,19-22,33-34,39,43H,3-6,11-13,18,23-24H2,1-2H3,(H,41,44)/t33-,34+/m0/s1. The molecule has 3 aromatic carbocycles. The number of amides is 2. The normalized spacial score (nSPS) is 16.7. The molecule has 0 aliphatic carbocycles. The fourth-order valence-electron chi connectivity index (χ4n) is 5.81. The van der Waals surface area contributed by atoms with Crippen molar-refractivity contribution in [3.63, 3.8) is 0 Å². The number of aryl methyl sites for hydroxylation is 1. The molecule has 2 heterocycles. The highest BCUT2D eigenvalue weighted by molar-refractivity contribution is 6.01. The lowest BCUT2D eigenvalue weighted by atomic mass is 9.99. The van der Waals surface area contributed by atoms with Gasteiger partial charge in [0.25, 0.3) is 11.8 Å². The molecule has 1 aromatic heterocycles. The molecule has 2 amide bonds. The van der Waals surface area contributed by atoms with Crippen LogP contribution in [0.1, 0.15) is 70.5 Å². The van der Waals surface area contributed by atoms with E-state index in [0.29, 0.717) is 61.5 Å². The largest absolute Gasteiger partial charge is 0.493 e. The van der Waals surface area contributed by atoms with Crippen molar-refractivity contribution in [2.75, 3.05) is 26.2 Å². The van der Waals surface area contributed by atoms with E-state index in [0.717, 1.165) is 18.4 Å². The predicted octanol–water partition coefficient (Wildman–Crippen LogP) is 5.56. The van der Waals surface area contributed by atoms with E-state index in [1.165, 1.54) is 30.2 Å². The Morgan fingerprint density at radius 1 is 1.04 bits per heavy atom. The second kappa shape index (κ2) is 16.3. The van der Waals surface area contributed by atoms with Gasteiger partial charge in [-0.1, -0.05) is 38.1 Å². The molecule has 0 spiro atoms. The Hall–Kier alpha value is -4.54. The van der Waals surface area contributed by atoms with Crippen LogP contribution in [0.5, 0.6) is 5.75 Å². The maximum Gasteiger partial charge on any atom is 0.253 e. The lowest BCUT2D eigenvalue weighted by Gasteiger charge is -2.25. The summed E-state index contributed by atoms with van der Waals surface area (Å²) in [7, 11) is 0. The summed E-state index contributed by atoms with van der Waals surface area (Å²) in [5.74, 6) is -0.514. The maximum absolute atomic E-state index is 14.8. The number of carbonyl (C=O) groups is 2. The first-order valence-electron chi connectivity index (χ1n) is 16.4. The molecule has 1 aliphatic heterocycles. The van der Waals surface area contributed by atoms with Crippen LogP contribution in [0, 0.1) is 5.82 Å². The summed E-state index contributed by atoms with van der Waals surface area (Å²) in [6.45, 7) is 6.20. The quantitative estimate of drug-likeness (QED) is 0.219. The van der Waals surface area contributed by atoms with Crippen LogP contribution in [-0.2, 0) is 19.4 Å². The molecule has 0 saturated heterocycles. The molecular formula is C37H43FN4O5. The van der Waals surface area contributed by atoms with Crippen molar-refractivity contribution in [3.05, 3.63) is 107 Å². The Labute approximate surface area is 275 Å². The molecule has 3 N–H and O–H groups in total. The van der Waals surface area contributed by atoms with Gasteiger partial charge in [0.2, 0.25) is 5.89 Å². The third-order valence-corrected chi connectivity index (χ3v) is 8.24. The number of hydrogen-bond acceptors (Lipinski definition) is 7. The summed E-state index contributed by atoms with van der Waals surface area (Å²) in [4.78, 5) is 33.7. The minimum Gasteiger partial charge on any atom is -0.493 e. The SMILES string of the molecule is CCCN1CCCCOc2cc(F)cc(c2)C[C@@H]([C@H](O)CNCc2cccc(CC)c2)NC(=O)c2cc(cc(-c3ncco3)c2)C1=O. The third-order valence-electron chi connectivity index (χ3n) is 8.24. The Balaban J connectivity index is 1.47. The predicted molar refractivity (Wildman–Crippen MR) is 178 cm³/mol. The van der Waals surface area contributed by atoms with Crippen LogP contribution in [0.15, 0.2) is 77.5 Å². The van der Waals surface area contributed by atoms with E-state index in [-0.39, 0.29) is 30.3 Å². The molecule has 4 bridgehead atoms. The number of carbonyl (C=O) groups excluding carboxylic acids is 2. The fraction of sp³-hybridized carbons (Fsp3) is 0.378. The molecule has 2 atom stereocenters. The van der Waals surface area contributed by atoms with Gasteiger partial charge in [-0.05, 0) is 79.1 Å². The first-order valence-corrected chi connectivity index (χ1v) is 16.4. The molecule has 4 aromatic rings. The van der Waals surface area contributed by atoms with Gasteiger partial charge < -0.3 is 29.8 Å². The molecule has 0 radical (unpaired) electrons. The molecule has 47 heavy (non-hydrogen) atoms. The summed E-state index contributed by atoms with van der Waals surface area (Å²) in [5, 5.41) is 17.7. The van der Waals surface area contributed by atoms with Crippen molar-refractivity contribution in [1.29, 1.82) is 0 Å². The highest BCUT2D eigenvalue weighted by Crippen LogP contribution is 2.24. The second-order valence-electron chi connectivity index (χ2n) is 11.9. The Kier molecular flexibility index (Phi) is 11.8. The van der Waals surface area contributed by atoms with E-state index < -0.39 is 23.9 Å². The zero-order valence-electron chi connectivity index (χ0n) is 27.0. The van der Waals surface area contributed by atoms with Crippen molar-refractivity contribution in [1.82, 2.24) is 20.5 Å². The summed E-state index contributed by atoms with van der Waals surface area (Å²) in [5.41, 5.74) is 3.91. The molecule has 5 rings (SSSR count). The molecule has 9 nitrogen and oxygen atoms in total. The van der Waals surface area contributed by atoms with Crippen molar-refractivity contribution in [2.24, 2.45) is 0 Å². The zero-order valence-corrected chi connectivity index (χ0v) is 27.0. The number of hydrogen-bond donors (Lipinski definition) is 3. The first-order chi connectivity index (χ1) is 22.8. The monoisotopic (exact) mass is 642 g/mol. The fourth-order valence-corrected chi connectivity index (χ4v) is 5.81. The van der Waals surface area contributed by atoms with Gasteiger partial charge in [0.15, 0.2) is 0 Å². The topological polar surface area (TPSA) is 117 Å². The van der Waals surface area contributed by atoms with E-state index in [1.54, 1.807) is 29.2 Å². The number of nitrogens with zero attached hydrogens (tertiary/aromatic N) is 2. The maximum atomic E-state index is 14.8. The van der Waals surface area contributed by atoms with Gasteiger partial charge >= 0.3 is 0 Å². The smallest absolute Gasteiger partial charge is 0.253 e. The number of oxazole rings is 1. The summed E-state index contributed by atoms with van der Waals surface area (Å²) in [6.07, 6.45) is 5.08. The molecule has 248 valence electrons. The van der Waals surface area contributed by atoms with Crippen LogP contribution in [0.2, 0.25) is 0 Å². The lowest BCUT2D eigenvalue weighted by molar-refractivity contribution is 0.0750. The summed E-state index contributed by atoms with van der Waals surface area (Å²) < 4.78 is 26.2. The number of halogens is 1. The molecule has 0 saturated carbocycles. The Morgan fingerprint density at radius 2 is 1.85 bits per heavy atom. The van der Waals surface area contributed by atoms with Crippen LogP contribution in [0.25, 0.3) is 11.5 Å². The first kappa shape index (κ1) is 33.8. The van der Waals surface area contributed by atoms with E-state index >= 15 is 0 Å². The Bertz CT molecular complexity index is 1640. The van der Waals surface area contributed by atoms with E-state index in [2.05, 4.69) is 34.7 Å². The van der Waals surface area contributed by atoms with Crippen molar-refractivity contribution in [2.45, 2.75) is 64.6 Å². The highest BCUT2D eigenvalue weighted by Gasteiger charge is 2.25. The number of aliphatic hydroxyl groups excluding tert-OH is 1. The highest BCUT2D eigenvalue weighted by atomic mass is 19.1. The van der Waals surface area contributed by atoms with E-state index in [9.17, 15) is 19.1 Å². The number of fused-ring (bicyclic) bond motifs is 4. The summed E-state index contributed by atoms with van der Waals surface area (Å²) in [6, 6.07) is 16.7. The average molecular weight is 643 g/mol. The van der Waals surface area contributed by atoms with Gasteiger partial charge in [-0.3, -0.25) is 9.59 Å². The van der Waals surface area contributed by atoms with Crippen molar-refractivity contribution in [3.8, 4) is 17.2 Å². The van der Waals surface area contributed by atoms with E-state index in [1.807, 2.05) is 19.1 Å². The number of benzene rings is 3. The number of aliphatic hydroxyl groups is 1. The van der Waals surface area contributed by atoms with E-state index in [4.69, 9.17) is 9.15 Å². The minimum absolute atomic E-state index is 0.142. The molecular weight excluding hydrogens is 599 g/mol. The van der Waals surface area contributed by atoms with Crippen LogP contribution in [0.4, 0.5) is 4.39 Å². The van der Waals surface area contributed by atoms with Crippen LogP contribution >= 0.6 is 0 Å². The number of aromatic nitrogens is 1. The van der Waals surface area contributed by atoms with Crippen molar-refractivity contribution >= 4 is 11.8 Å². The van der Waals surface area contributed by atoms with Crippen LogP contribution < -0.4 is 15.4 Å². The average Bonchev–Trinajstić information content (AvgIpc) is 3.62. The van der Waals surface area contributed by atoms with Gasteiger partial charge in [0.1, 0.15) is 17.8 Å². The third kappa shape index (κ3) is 9.27. The van der Waals surface area contributed by atoms with Crippen LogP contribution in [0.3, 0.4) is 0 Å². The molecule has 0 unspecified atom stereocenters. The van der Waals surface area contributed by atoms with Crippen molar-refractivity contribution < 1.29 is 28.2 Å². The van der Waals surface area contributed by atoms with Gasteiger partial charge in [0, 0.05) is 48.9 Å². The molecule has 0 fully saturated rings. The van der Waals surface area contributed by atoms with Gasteiger partial charge in [0.05, 0.1) is 24.9 Å². The van der Waals surface area contributed by atoms with Gasteiger partial charge in [-0.2, -0.15) is 0 Å². The second-order valence-corrected chi connectivity index (χ2v) is 11.9. The van der Waals surface area contributed by atoms with Gasteiger partial charge in [-0.15, -0.1) is 0 Å². The zero-order chi connectivity index (χ0) is 33.2. The minimum atomic E-state index is -1.03.